The van der Waals surface area contributed by atoms with Gasteiger partial charge < -0.3 is 19.9 Å². The number of thioether (sulfide) groups is 1. The van der Waals surface area contributed by atoms with Gasteiger partial charge in [-0.15, -0.1) is 10.2 Å². The van der Waals surface area contributed by atoms with Gasteiger partial charge in [0.1, 0.15) is 5.75 Å². The van der Waals surface area contributed by atoms with Crippen LogP contribution in [-0.4, -0.2) is 39.4 Å². The first kappa shape index (κ1) is 24.3. The molecule has 1 aromatic heterocycles. The third-order valence-electron chi connectivity index (χ3n) is 5.04. The molecule has 2 aromatic carbocycles. The first-order valence-corrected chi connectivity index (χ1v) is 11.8. The van der Waals surface area contributed by atoms with Crippen LogP contribution in [0.25, 0.3) is 0 Å². The Morgan fingerprint density at radius 3 is 2.36 bits per heavy atom. The molecule has 2 N–H and O–H groups in total. The van der Waals surface area contributed by atoms with Gasteiger partial charge in [-0.1, -0.05) is 43.8 Å². The molecule has 0 spiro atoms. The maximum atomic E-state index is 12.7. The van der Waals surface area contributed by atoms with Gasteiger partial charge in [-0.25, -0.2) is 0 Å². The van der Waals surface area contributed by atoms with E-state index in [2.05, 4.69) is 20.8 Å². The van der Waals surface area contributed by atoms with E-state index in [1.807, 2.05) is 43.5 Å². The fourth-order valence-corrected chi connectivity index (χ4v) is 4.09. The number of carbonyl (C=O) groups is 2. The van der Waals surface area contributed by atoms with Gasteiger partial charge in [0.05, 0.1) is 18.9 Å². The predicted molar refractivity (Wildman–Crippen MR) is 130 cm³/mol. The number of hydrogen-bond acceptors (Lipinski definition) is 6. The number of ether oxygens (including phenoxy) is 1. The highest BCUT2D eigenvalue weighted by molar-refractivity contribution is 7.99. The van der Waals surface area contributed by atoms with E-state index in [0.29, 0.717) is 28.8 Å². The van der Waals surface area contributed by atoms with E-state index in [4.69, 9.17) is 4.74 Å². The van der Waals surface area contributed by atoms with Crippen LogP contribution in [0.3, 0.4) is 0 Å². The highest BCUT2D eigenvalue weighted by atomic mass is 32.2. The van der Waals surface area contributed by atoms with Crippen LogP contribution in [0.2, 0.25) is 0 Å². The summed E-state index contributed by atoms with van der Waals surface area (Å²) in [6, 6.07) is 15.9. The zero-order chi connectivity index (χ0) is 23.8. The predicted octanol–water partition coefficient (Wildman–Crippen LogP) is 4.16. The van der Waals surface area contributed by atoms with Crippen LogP contribution in [0.4, 0.5) is 5.69 Å². The quantitative estimate of drug-likeness (QED) is 0.435. The maximum absolute atomic E-state index is 12.7. The second kappa shape index (κ2) is 11.5. The molecule has 3 aromatic rings. The molecule has 8 nitrogen and oxygen atoms in total. The van der Waals surface area contributed by atoms with Crippen molar-refractivity contribution < 1.29 is 14.3 Å². The van der Waals surface area contributed by atoms with E-state index in [1.54, 1.807) is 43.5 Å². The Hall–Kier alpha value is -3.33. The summed E-state index contributed by atoms with van der Waals surface area (Å²) < 4.78 is 7.08. The third kappa shape index (κ3) is 6.35. The average Bonchev–Trinajstić information content (AvgIpc) is 3.24. The van der Waals surface area contributed by atoms with Gasteiger partial charge in [0.25, 0.3) is 5.91 Å². The topological polar surface area (TPSA) is 98.1 Å². The maximum Gasteiger partial charge on any atom is 0.251 e. The fraction of sp³-hybridized carbons (Fsp3) is 0.333. The number of benzene rings is 2. The number of methoxy groups -OCH3 is 1. The van der Waals surface area contributed by atoms with Crippen molar-refractivity contribution in [3.63, 3.8) is 0 Å². The smallest absolute Gasteiger partial charge is 0.251 e. The summed E-state index contributed by atoms with van der Waals surface area (Å²) in [6.07, 6.45) is 0. The average molecular weight is 468 g/mol. The van der Waals surface area contributed by atoms with E-state index >= 15 is 0 Å². The van der Waals surface area contributed by atoms with Crippen molar-refractivity contribution >= 4 is 29.3 Å². The molecule has 9 heteroatoms. The van der Waals surface area contributed by atoms with Gasteiger partial charge in [0, 0.05) is 17.8 Å². The monoisotopic (exact) mass is 467 g/mol. The van der Waals surface area contributed by atoms with Crippen LogP contribution in [0.15, 0.2) is 59.8 Å². The molecule has 0 radical (unpaired) electrons. The summed E-state index contributed by atoms with van der Waals surface area (Å²) >= 11 is 1.31. The standard InChI is InChI=1S/C24H29N5O3S/c1-5-29-22(21(16(2)3)26-23(31)17-9-7-6-8-10-17)27-28-24(29)33-15-20(30)25-18-11-13-19(32-4)14-12-18/h6-14,16,21H,5,15H2,1-4H3,(H,25,30)(H,26,31)/t21-/m1/s1. The van der Waals surface area contributed by atoms with Crippen molar-refractivity contribution in [2.24, 2.45) is 5.92 Å². The lowest BCUT2D eigenvalue weighted by Crippen LogP contribution is -2.33. The highest BCUT2D eigenvalue weighted by Crippen LogP contribution is 2.26. The Labute approximate surface area is 198 Å². The third-order valence-corrected chi connectivity index (χ3v) is 6.00. The van der Waals surface area contributed by atoms with E-state index in [0.717, 1.165) is 5.75 Å². The van der Waals surface area contributed by atoms with Gasteiger partial charge in [0.2, 0.25) is 5.91 Å². The Bertz CT molecular complexity index is 1070. The van der Waals surface area contributed by atoms with Crippen LogP contribution >= 0.6 is 11.8 Å². The molecule has 0 fully saturated rings. The Kier molecular flexibility index (Phi) is 8.48. The van der Waals surface area contributed by atoms with Crippen molar-refractivity contribution in [3.05, 3.63) is 66.0 Å². The normalized spacial score (nSPS) is 11.8. The Morgan fingerprint density at radius 1 is 1.06 bits per heavy atom. The minimum atomic E-state index is -0.312. The molecule has 0 bridgehead atoms. The molecule has 1 atom stereocenters. The summed E-state index contributed by atoms with van der Waals surface area (Å²) in [6.45, 7) is 6.67. The highest BCUT2D eigenvalue weighted by Gasteiger charge is 2.26. The Morgan fingerprint density at radius 2 is 1.76 bits per heavy atom. The number of carbonyl (C=O) groups excluding carboxylic acids is 2. The number of hydrogen-bond donors (Lipinski definition) is 2. The van der Waals surface area contributed by atoms with Crippen molar-refractivity contribution in [2.45, 2.75) is 38.5 Å². The SMILES string of the molecule is CCn1c(SCC(=O)Nc2ccc(OC)cc2)nnc1[C@H](NC(=O)c1ccccc1)C(C)C. The van der Waals surface area contributed by atoms with Gasteiger partial charge in [-0.05, 0) is 49.2 Å². The summed E-state index contributed by atoms with van der Waals surface area (Å²) in [5.74, 6) is 1.39. The molecule has 0 saturated heterocycles. The summed E-state index contributed by atoms with van der Waals surface area (Å²) in [5.41, 5.74) is 1.29. The van der Waals surface area contributed by atoms with Crippen LogP contribution < -0.4 is 15.4 Å². The van der Waals surface area contributed by atoms with Crippen LogP contribution in [0, 0.1) is 5.92 Å². The summed E-state index contributed by atoms with van der Waals surface area (Å²) in [7, 11) is 1.60. The van der Waals surface area contributed by atoms with Crippen molar-refractivity contribution in [1.82, 2.24) is 20.1 Å². The lowest BCUT2D eigenvalue weighted by atomic mass is 10.0. The number of rotatable bonds is 10. The van der Waals surface area contributed by atoms with E-state index in [9.17, 15) is 9.59 Å². The molecule has 0 unspecified atom stereocenters. The first-order valence-electron chi connectivity index (χ1n) is 10.8. The lowest BCUT2D eigenvalue weighted by molar-refractivity contribution is -0.113. The van der Waals surface area contributed by atoms with Crippen molar-refractivity contribution in [3.8, 4) is 5.75 Å². The molecule has 33 heavy (non-hydrogen) atoms. The molecule has 2 amide bonds. The lowest BCUT2D eigenvalue weighted by Gasteiger charge is -2.22. The van der Waals surface area contributed by atoms with Gasteiger partial charge in [0.15, 0.2) is 11.0 Å². The van der Waals surface area contributed by atoms with Gasteiger partial charge >= 0.3 is 0 Å². The van der Waals surface area contributed by atoms with Gasteiger partial charge in [-0.2, -0.15) is 0 Å². The minimum absolute atomic E-state index is 0.100. The molecule has 3 rings (SSSR count). The molecule has 1 heterocycles. The minimum Gasteiger partial charge on any atom is -0.497 e. The number of anilines is 1. The molecule has 0 aliphatic rings. The van der Waals surface area contributed by atoms with Crippen LogP contribution in [0.5, 0.6) is 5.75 Å². The number of nitrogens with zero attached hydrogens (tertiary/aromatic N) is 3. The fourth-order valence-electron chi connectivity index (χ4n) is 3.28. The van der Waals surface area contributed by atoms with Gasteiger partial charge in [-0.3, -0.25) is 9.59 Å². The van der Waals surface area contributed by atoms with E-state index in [1.165, 1.54) is 11.8 Å². The number of nitrogens with one attached hydrogen (secondary N) is 2. The number of aromatic nitrogens is 3. The van der Waals surface area contributed by atoms with Crippen LogP contribution in [0.1, 0.15) is 43.0 Å². The second-order valence-electron chi connectivity index (χ2n) is 7.71. The molecular formula is C24H29N5O3S. The van der Waals surface area contributed by atoms with E-state index < -0.39 is 0 Å². The number of amides is 2. The van der Waals surface area contributed by atoms with Crippen LogP contribution in [-0.2, 0) is 11.3 Å². The zero-order valence-corrected chi connectivity index (χ0v) is 20.1. The second-order valence-corrected chi connectivity index (χ2v) is 8.65. The van der Waals surface area contributed by atoms with E-state index in [-0.39, 0.29) is 29.5 Å². The molecule has 0 aliphatic carbocycles. The first-order chi connectivity index (χ1) is 15.9. The summed E-state index contributed by atoms with van der Waals surface area (Å²) in [4.78, 5) is 25.1. The largest absolute Gasteiger partial charge is 0.497 e. The Balaban J connectivity index is 1.68. The van der Waals surface area contributed by atoms with Crippen molar-refractivity contribution in [1.29, 1.82) is 0 Å². The molecular weight excluding hydrogens is 438 g/mol. The molecule has 174 valence electrons. The van der Waals surface area contributed by atoms with Crippen molar-refractivity contribution in [2.75, 3.05) is 18.2 Å². The molecule has 0 saturated carbocycles. The molecule has 0 aliphatic heterocycles. The summed E-state index contributed by atoms with van der Waals surface area (Å²) in [5, 5.41) is 15.3. The zero-order valence-electron chi connectivity index (χ0n) is 19.2.